The third kappa shape index (κ3) is 45.4. The molecule has 0 heterocycles. The van der Waals surface area contributed by atoms with Gasteiger partial charge in [-0.3, -0.25) is 9.69 Å². The Bertz CT molecular complexity index is 1670. The molecule has 0 rings (SSSR count). The predicted molar refractivity (Wildman–Crippen MR) is 411 cm³/mol. The SMILES string of the molecule is CCN(CCC[Si](OC)(OC)OC)CCC[Si](OC)(OC)OC.CCN(CCOCCC[Si](OC)(OC)OC)CCOCCC[Si](OC)(OC)OC.CCOCCN(CCC[Si](OC)(OC)OC)CCC[Si](OC)(OC)OC.CO[Si](CCCN(CCC[Si](OC)(OC)OC)C(C)=O)(OC)OC. The summed E-state index contributed by atoms with van der Waals surface area (Å²) in [6.07, 6.45) is 7.06. The van der Waals surface area contributed by atoms with E-state index in [1.165, 1.54) is 0 Å². The summed E-state index contributed by atoms with van der Waals surface area (Å²) in [6.45, 7) is 21.8. The van der Waals surface area contributed by atoms with Gasteiger partial charge in [-0.15, -0.1) is 0 Å². The number of hydrogen-bond donors (Lipinski definition) is 0. The summed E-state index contributed by atoms with van der Waals surface area (Å²) in [4.78, 5) is 20.7. The molecule has 0 unspecified atom stereocenters. The van der Waals surface area contributed by atoms with Crippen molar-refractivity contribution in [3.63, 3.8) is 0 Å². The molecule has 0 aromatic carbocycles. The van der Waals surface area contributed by atoms with Crippen LogP contribution in [0.15, 0.2) is 0 Å². The minimum atomic E-state index is -2.59. The molecule has 1 amide bonds. The van der Waals surface area contributed by atoms with Crippen LogP contribution >= 0.6 is 0 Å². The van der Waals surface area contributed by atoms with E-state index in [9.17, 15) is 4.79 Å². The number of ether oxygens (including phenoxy) is 3. The summed E-state index contributed by atoms with van der Waals surface area (Å²) in [5.74, 6) is 0.0361. The van der Waals surface area contributed by atoms with Crippen molar-refractivity contribution >= 4 is 76.3 Å². The number of rotatable bonds is 68. The number of carbonyl (C=O) groups excluding carboxylic acids is 1. The lowest BCUT2D eigenvalue weighted by Crippen LogP contribution is -2.44. The van der Waals surface area contributed by atoms with Crippen molar-refractivity contribution in [1.29, 1.82) is 0 Å². The Labute approximate surface area is 627 Å². The van der Waals surface area contributed by atoms with E-state index >= 15 is 0 Å². The first-order valence-electron chi connectivity index (χ1n) is 35.3. The molecule has 0 N–H and O–H groups in total. The maximum atomic E-state index is 11.8. The van der Waals surface area contributed by atoms with Crippen molar-refractivity contribution in [2.45, 2.75) is 127 Å². The predicted octanol–water partition coefficient (Wildman–Crippen LogP) is 6.96. The molecular formula is C62H150N4O28Si8. The van der Waals surface area contributed by atoms with Gasteiger partial charge in [-0.25, -0.2) is 0 Å². The Morgan fingerprint density at radius 1 is 0.225 bits per heavy atom. The van der Waals surface area contributed by atoms with Crippen molar-refractivity contribution in [1.82, 2.24) is 19.6 Å². The Hall–Kier alpha value is 0.00506. The van der Waals surface area contributed by atoms with E-state index in [4.69, 9.17) is 120 Å². The molecule has 0 spiro atoms. The molecule has 32 nitrogen and oxygen atoms in total. The van der Waals surface area contributed by atoms with Crippen molar-refractivity contribution < 1.29 is 125 Å². The van der Waals surface area contributed by atoms with Crippen LogP contribution in [0.3, 0.4) is 0 Å². The second-order valence-electron chi connectivity index (χ2n) is 22.8. The Morgan fingerprint density at radius 3 is 0.598 bits per heavy atom. The van der Waals surface area contributed by atoms with Gasteiger partial charge in [0.1, 0.15) is 0 Å². The molecule has 0 fully saturated rings. The molecular weight excluding hydrogens is 1470 g/mol. The van der Waals surface area contributed by atoms with Crippen LogP contribution in [-0.4, -0.2) is 378 Å². The van der Waals surface area contributed by atoms with Gasteiger partial charge in [0.15, 0.2) is 0 Å². The fraction of sp³-hybridized carbons (Fsp3) is 0.984. The van der Waals surface area contributed by atoms with Gasteiger partial charge in [0.05, 0.1) is 19.8 Å². The number of likely N-dealkylation sites (N-methyl/N-ethyl adjacent to an activating group) is 1. The van der Waals surface area contributed by atoms with E-state index in [-0.39, 0.29) is 5.91 Å². The van der Waals surface area contributed by atoms with Crippen LogP contribution in [0, 0.1) is 0 Å². The minimum absolute atomic E-state index is 0.0361. The fourth-order valence-electron chi connectivity index (χ4n) is 10.8. The highest BCUT2D eigenvalue weighted by molar-refractivity contribution is 6.63. The van der Waals surface area contributed by atoms with Crippen LogP contribution in [0.5, 0.6) is 0 Å². The van der Waals surface area contributed by atoms with Gasteiger partial charge in [-0.1, -0.05) is 13.8 Å². The number of nitrogens with zero attached hydrogens (tertiary/aromatic N) is 4. The van der Waals surface area contributed by atoms with Gasteiger partial charge >= 0.3 is 70.4 Å². The van der Waals surface area contributed by atoms with Crippen LogP contribution < -0.4 is 0 Å². The fourth-order valence-corrected chi connectivity index (χ4v) is 24.4. The zero-order valence-corrected chi connectivity index (χ0v) is 77.1. The maximum Gasteiger partial charge on any atom is 0.500 e. The molecule has 618 valence electrons. The van der Waals surface area contributed by atoms with Crippen LogP contribution in [0.1, 0.15) is 79.1 Å². The van der Waals surface area contributed by atoms with Crippen LogP contribution in [-0.2, 0) is 125 Å². The lowest BCUT2D eigenvalue weighted by Gasteiger charge is -2.28. The molecule has 40 heteroatoms. The summed E-state index contributed by atoms with van der Waals surface area (Å²) in [7, 11) is 19.1. The Balaban J connectivity index is -0.000000630. The zero-order valence-electron chi connectivity index (χ0n) is 69.1. The number of amides is 1. The number of carbonyl (C=O) groups is 1. The summed E-state index contributed by atoms with van der Waals surface area (Å²) in [5, 5.41) is 0. The van der Waals surface area contributed by atoms with E-state index < -0.39 is 70.4 Å². The minimum Gasteiger partial charge on any atom is -0.380 e. The van der Waals surface area contributed by atoms with Crippen LogP contribution in [0.4, 0.5) is 0 Å². The van der Waals surface area contributed by atoms with Crippen molar-refractivity contribution in [2.24, 2.45) is 0 Å². The van der Waals surface area contributed by atoms with Gasteiger partial charge in [-0.05, 0) is 97.6 Å². The Morgan fingerprint density at radius 2 is 0.402 bits per heavy atom. The zero-order chi connectivity index (χ0) is 78.3. The quantitative estimate of drug-likeness (QED) is 0.0439. The molecule has 0 radical (unpaired) electrons. The van der Waals surface area contributed by atoms with E-state index in [1.54, 1.807) is 182 Å². The first-order chi connectivity index (χ1) is 48.9. The first kappa shape index (κ1) is 108. The monoisotopic (exact) mass is 1620 g/mol. The van der Waals surface area contributed by atoms with Crippen LogP contribution in [0.25, 0.3) is 0 Å². The molecule has 0 saturated carbocycles. The molecule has 102 heavy (non-hydrogen) atoms. The highest BCUT2D eigenvalue weighted by Crippen LogP contribution is 2.23. The second-order valence-corrected chi connectivity index (χ2v) is 47.6. The topological polar surface area (TPSA) is 279 Å². The molecule has 0 aliphatic carbocycles. The first-order valence-corrected chi connectivity index (χ1v) is 50.7. The molecule has 0 aliphatic rings. The standard InChI is InChI=1S/C18H43NO8Si2.C16H39NO7Si2.C14H33NO7Si2.C14H35NO6Si2/c1-8-19(11-15-26-13-9-17-28(20-2,21-3)22-4)12-16-27-14-10-18-29(23-5,24-6)25-7;1-8-24-14-13-17(11-9-15-25(18-2,19-3)20-4)12-10-16-26(21-5,22-6)23-7;1-14(16)15(10-8-12-23(17-2,18-3)19-4)11-9-13-24(20-5,21-6)22-7;1-8-15(11-9-13-22(16-2,17-3)18-4)12-10-14-23(19-5,20-6)21-7/h8-18H2,1-7H3;8-16H2,1-7H3;8-13H2,1-7H3;8-14H2,1-7H3. The summed E-state index contributed by atoms with van der Waals surface area (Å²) in [5.41, 5.74) is 0. The normalized spacial score (nSPS) is 12.8. The van der Waals surface area contributed by atoms with Crippen molar-refractivity contribution in [2.75, 3.05) is 282 Å². The van der Waals surface area contributed by atoms with Crippen molar-refractivity contribution in [3.05, 3.63) is 0 Å². The van der Waals surface area contributed by atoms with Gasteiger partial charge < -0.3 is 135 Å². The Kier molecular flexibility index (Phi) is 70.9. The third-order valence-electron chi connectivity index (χ3n) is 17.9. The maximum absolute atomic E-state index is 11.8. The molecule has 0 aromatic rings. The van der Waals surface area contributed by atoms with E-state index in [0.717, 1.165) is 160 Å². The van der Waals surface area contributed by atoms with E-state index in [1.807, 2.05) is 6.92 Å². The largest absolute Gasteiger partial charge is 0.500 e. The van der Waals surface area contributed by atoms with Gasteiger partial charge in [-0.2, -0.15) is 0 Å². The molecule has 0 bridgehead atoms. The smallest absolute Gasteiger partial charge is 0.380 e. The lowest BCUT2D eigenvalue weighted by atomic mass is 10.3. The molecule has 0 saturated heterocycles. The third-order valence-corrected chi connectivity index (χ3v) is 40.5. The summed E-state index contributed by atoms with van der Waals surface area (Å²) in [6, 6.07) is 6.03. The van der Waals surface area contributed by atoms with Gasteiger partial charge in [0, 0.05) is 278 Å². The highest BCUT2D eigenvalue weighted by Gasteiger charge is 2.43. The van der Waals surface area contributed by atoms with E-state index in [0.29, 0.717) is 51.6 Å². The molecule has 0 aromatic heterocycles. The average Bonchev–Trinajstić information content (AvgIpc) is 0.982. The van der Waals surface area contributed by atoms with Gasteiger partial charge in [0.25, 0.3) is 0 Å². The lowest BCUT2D eigenvalue weighted by molar-refractivity contribution is -0.129. The summed E-state index contributed by atoms with van der Waals surface area (Å²) >= 11 is 0. The second kappa shape index (κ2) is 66.8. The number of hydrogen-bond acceptors (Lipinski definition) is 31. The average molecular weight is 1620 g/mol. The molecule has 0 aliphatic heterocycles. The van der Waals surface area contributed by atoms with E-state index in [2.05, 4.69) is 28.5 Å². The highest BCUT2D eigenvalue weighted by atomic mass is 28.4. The molecule has 0 atom stereocenters. The van der Waals surface area contributed by atoms with Gasteiger partial charge in [0.2, 0.25) is 5.91 Å². The van der Waals surface area contributed by atoms with Crippen molar-refractivity contribution in [3.8, 4) is 0 Å². The summed E-state index contributed by atoms with van der Waals surface area (Å²) < 4.78 is 148. The van der Waals surface area contributed by atoms with Crippen LogP contribution in [0.2, 0.25) is 48.4 Å².